The number of hydrogen-bond donors (Lipinski definition) is 1. The van der Waals surface area contributed by atoms with Crippen molar-refractivity contribution in [1.29, 1.82) is 0 Å². The molecule has 5 nitrogen and oxygen atoms in total. The lowest BCUT2D eigenvalue weighted by Crippen LogP contribution is -2.33. The Bertz CT molecular complexity index is 495. The predicted octanol–water partition coefficient (Wildman–Crippen LogP) is 0.900. The summed E-state index contributed by atoms with van der Waals surface area (Å²) in [7, 11) is -3.48. The van der Waals surface area contributed by atoms with Crippen molar-refractivity contribution in [3.05, 3.63) is 29.8 Å². The Labute approximate surface area is 107 Å². The Morgan fingerprint density at radius 2 is 2.17 bits per heavy atom. The van der Waals surface area contributed by atoms with Crippen LogP contribution in [-0.4, -0.2) is 34.5 Å². The summed E-state index contributed by atoms with van der Waals surface area (Å²) in [5, 5.41) is 0. The van der Waals surface area contributed by atoms with E-state index in [0.717, 1.165) is 5.56 Å². The standard InChI is InChI=1S/C12H17NO4S/c1-2-10-5-3-4-6-12(10)18(14,15)13-7-11-8-16-9-17-11/h3-6,11,13H,2,7-9H2,1H3/t11-/m1/s1. The molecule has 0 bridgehead atoms. The van der Waals surface area contributed by atoms with Gasteiger partial charge in [0.05, 0.1) is 17.6 Å². The zero-order chi connectivity index (χ0) is 13.0. The SMILES string of the molecule is CCc1ccccc1S(=O)(=O)NC[C@@H]1COCO1. The van der Waals surface area contributed by atoms with Gasteiger partial charge in [-0.3, -0.25) is 0 Å². The highest BCUT2D eigenvalue weighted by Crippen LogP contribution is 2.16. The summed E-state index contributed by atoms with van der Waals surface area (Å²) in [4.78, 5) is 0.339. The normalized spacial score (nSPS) is 20.2. The molecule has 0 spiro atoms. The third-order valence-corrected chi connectivity index (χ3v) is 4.36. The molecule has 100 valence electrons. The van der Waals surface area contributed by atoms with E-state index in [1.54, 1.807) is 12.1 Å². The maximum Gasteiger partial charge on any atom is 0.240 e. The molecule has 0 aliphatic carbocycles. The number of rotatable bonds is 5. The third-order valence-electron chi connectivity index (χ3n) is 2.83. The molecule has 1 aliphatic rings. The molecule has 1 atom stereocenters. The molecule has 6 heteroatoms. The Morgan fingerprint density at radius 3 is 2.83 bits per heavy atom. The topological polar surface area (TPSA) is 64.6 Å². The van der Waals surface area contributed by atoms with Crippen molar-refractivity contribution in [3.8, 4) is 0 Å². The van der Waals surface area contributed by atoms with Crippen LogP contribution in [0, 0.1) is 0 Å². The van der Waals surface area contributed by atoms with Crippen LogP contribution in [0.15, 0.2) is 29.2 Å². The highest BCUT2D eigenvalue weighted by atomic mass is 32.2. The number of hydrogen-bond acceptors (Lipinski definition) is 4. The van der Waals surface area contributed by atoms with Gasteiger partial charge in [-0.2, -0.15) is 0 Å². The van der Waals surface area contributed by atoms with E-state index in [-0.39, 0.29) is 19.4 Å². The molecule has 1 aromatic carbocycles. The van der Waals surface area contributed by atoms with Crippen LogP contribution in [-0.2, 0) is 25.9 Å². The van der Waals surface area contributed by atoms with Gasteiger partial charge in [0.15, 0.2) is 0 Å². The molecular weight excluding hydrogens is 254 g/mol. The van der Waals surface area contributed by atoms with E-state index in [0.29, 0.717) is 17.9 Å². The van der Waals surface area contributed by atoms with E-state index in [1.165, 1.54) is 0 Å². The predicted molar refractivity (Wildman–Crippen MR) is 66.7 cm³/mol. The van der Waals surface area contributed by atoms with Gasteiger partial charge in [0, 0.05) is 6.54 Å². The molecule has 2 rings (SSSR count). The smallest absolute Gasteiger partial charge is 0.240 e. The molecule has 0 amide bonds. The number of benzene rings is 1. The van der Waals surface area contributed by atoms with E-state index in [9.17, 15) is 8.42 Å². The lowest BCUT2D eigenvalue weighted by Gasteiger charge is -2.12. The van der Waals surface area contributed by atoms with Crippen LogP contribution in [0.2, 0.25) is 0 Å². The van der Waals surface area contributed by atoms with Crippen LogP contribution in [0.4, 0.5) is 0 Å². The quantitative estimate of drug-likeness (QED) is 0.864. The van der Waals surface area contributed by atoms with Crippen LogP contribution in [0.25, 0.3) is 0 Å². The van der Waals surface area contributed by atoms with Gasteiger partial charge in [0.1, 0.15) is 6.79 Å². The minimum atomic E-state index is -3.48. The Morgan fingerprint density at radius 1 is 1.39 bits per heavy atom. The number of sulfonamides is 1. The summed E-state index contributed by atoms with van der Waals surface area (Å²) in [5.74, 6) is 0. The van der Waals surface area contributed by atoms with E-state index in [1.807, 2.05) is 19.1 Å². The van der Waals surface area contributed by atoms with Crippen molar-refractivity contribution in [2.24, 2.45) is 0 Å². The first-order chi connectivity index (χ1) is 8.63. The summed E-state index contributed by atoms with van der Waals surface area (Å²) < 4.78 is 37.1. The molecule has 0 unspecified atom stereocenters. The highest BCUT2D eigenvalue weighted by molar-refractivity contribution is 7.89. The Balaban J connectivity index is 2.09. The second-order valence-electron chi connectivity index (χ2n) is 4.09. The first kappa shape index (κ1) is 13.5. The van der Waals surface area contributed by atoms with Gasteiger partial charge >= 0.3 is 0 Å². The van der Waals surface area contributed by atoms with Crippen LogP contribution >= 0.6 is 0 Å². The largest absolute Gasteiger partial charge is 0.353 e. The molecule has 1 saturated heterocycles. The highest BCUT2D eigenvalue weighted by Gasteiger charge is 2.21. The van der Waals surface area contributed by atoms with Crippen molar-refractivity contribution in [1.82, 2.24) is 4.72 Å². The zero-order valence-electron chi connectivity index (χ0n) is 10.3. The summed E-state index contributed by atoms with van der Waals surface area (Å²) in [5.41, 5.74) is 0.814. The van der Waals surface area contributed by atoms with E-state index in [4.69, 9.17) is 9.47 Å². The molecule has 1 N–H and O–H groups in total. The van der Waals surface area contributed by atoms with Gasteiger partial charge in [-0.15, -0.1) is 0 Å². The first-order valence-corrected chi connectivity index (χ1v) is 7.38. The van der Waals surface area contributed by atoms with E-state index < -0.39 is 10.0 Å². The second-order valence-corrected chi connectivity index (χ2v) is 5.83. The van der Waals surface area contributed by atoms with Gasteiger partial charge < -0.3 is 9.47 Å². The molecule has 1 heterocycles. The molecule has 1 aromatic rings. The lowest BCUT2D eigenvalue weighted by molar-refractivity contribution is 0.0482. The van der Waals surface area contributed by atoms with Crippen LogP contribution in [0.5, 0.6) is 0 Å². The van der Waals surface area contributed by atoms with Gasteiger partial charge in [0.2, 0.25) is 10.0 Å². The Kier molecular flexibility index (Phi) is 4.34. The Hall–Kier alpha value is -0.950. The van der Waals surface area contributed by atoms with Crippen molar-refractivity contribution < 1.29 is 17.9 Å². The van der Waals surface area contributed by atoms with Crippen LogP contribution in [0.3, 0.4) is 0 Å². The average Bonchev–Trinajstić information content (AvgIpc) is 2.89. The average molecular weight is 271 g/mol. The molecule has 1 aliphatic heterocycles. The van der Waals surface area contributed by atoms with Crippen molar-refractivity contribution in [2.45, 2.75) is 24.3 Å². The number of nitrogens with one attached hydrogen (secondary N) is 1. The summed E-state index contributed by atoms with van der Waals surface area (Å²) >= 11 is 0. The molecule has 0 saturated carbocycles. The van der Waals surface area contributed by atoms with Gasteiger partial charge in [0.25, 0.3) is 0 Å². The van der Waals surface area contributed by atoms with Gasteiger partial charge in [-0.05, 0) is 18.1 Å². The maximum atomic E-state index is 12.2. The molecular formula is C12H17NO4S. The molecule has 0 radical (unpaired) electrons. The molecule has 0 aromatic heterocycles. The second kappa shape index (κ2) is 5.79. The van der Waals surface area contributed by atoms with Gasteiger partial charge in [-0.25, -0.2) is 13.1 Å². The summed E-state index contributed by atoms with van der Waals surface area (Å²) in [6.07, 6.45) is 0.480. The van der Waals surface area contributed by atoms with Crippen LogP contribution < -0.4 is 4.72 Å². The van der Waals surface area contributed by atoms with E-state index >= 15 is 0 Å². The molecule has 18 heavy (non-hydrogen) atoms. The zero-order valence-corrected chi connectivity index (χ0v) is 11.1. The lowest BCUT2D eigenvalue weighted by atomic mass is 10.2. The van der Waals surface area contributed by atoms with Crippen molar-refractivity contribution in [3.63, 3.8) is 0 Å². The minimum absolute atomic E-state index is 0.200. The summed E-state index contributed by atoms with van der Waals surface area (Å²) in [6.45, 7) is 2.83. The summed E-state index contributed by atoms with van der Waals surface area (Å²) in [6, 6.07) is 7.01. The van der Waals surface area contributed by atoms with Crippen molar-refractivity contribution >= 4 is 10.0 Å². The number of ether oxygens (including phenoxy) is 2. The van der Waals surface area contributed by atoms with Gasteiger partial charge in [-0.1, -0.05) is 25.1 Å². The van der Waals surface area contributed by atoms with E-state index in [2.05, 4.69) is 4.72 Å². The monoisotopic (exact) mass is 271 g/mol. The first-order valence-electron chi connectivity index (χ1n) is 5.90. The maximum absolute atomic E-state index is 12.2. The fourth-order valence-electron chi connectivity index (χ4n) is 1.83. The fourth-order valence-corrected chi connectivity index (χ4v) is 3.20. The fraction of sp³-hybridized carbons (Fsp3) is 0.500. The van der Waals surface area contributed by atoms with Crippen LogP contribution in [0.1, 0.15) is 12.5 Å². The molecule has 1 fully saturated rings. The number of aryl methyl sites for hydroxylation is 1. The third kappa shape index (κ3) is 3.08. The minimum Gasteiger partial charge on any atom is -0.353 e. The van der Waals surface area contributed by atoms with Crippen molar-refractivity contribution in [2.75, 3.05) is 19.9 Å².